The minimum Gasteiger partial charge on any atom is -0.348 e. The molecule has 0 aromatic carbocycles. The van der Waals surface area contributed by atoms with E-state index in [0.29, 0.717) is 13.0 Å². The molecular formula is C10H16O3. The summed E-state index contributed by atoms with van der Waals surface area (Å²) in [6.07, 6.45) is 10.3. The zero-order valence-corrected chi connectivity index (χ0v) is 8.16. The van der Waals surface area contributed by atoms with Crippen molar-refractivity contribution in [2.45, 2.75) is 38.6 Å². The van der Waals surface area contributed by atoms with Gasteiger partial charge in [0.25, 0.3) is 0 Å². The minimum atomic E-state index is -0.451. The molecule has 74 valence electrons. The smallest absolute Gasteiger partial charge is 0.163 e. The molecule has 0 spiro atoms. The Morgan fingerprint density at radius 1 is 1.54 bits per heavy atom. The molecule has 0 radical (unpaired) electrons. The van der Waals surface area contributed by atoms with E-state index in [0.717, 1.165) is 12.7 Å². The highest BCUT2D eigenvalue weighted by molar-refractivity contribution is 5.49. The highest BCUT2D eigenvalue weighted by Gasteiger charge is 2.31. The fourth-order valence-electron chi connectivity index (χ4n) is 1.16. The molecule has 1 rings (SSSR count). The molecule has 1 aliphatic heterocycles. The lowest BCUT2D eigenvalue weighted by atomic mass is 10.2. The number of carbonyl (C=O) groups excluding carboxylic acids is 1. The Balaban J connectivity index is 0.000000671. The van der Waals surface area contributed by atoms with Gasteiger partial charge in [0.05, 0.1) is 12.7 Å². The van der Waals surface area contributed by atoms with Gasteiger partial charge in [-0.3, -0.25) is 0 Å². The average Bonchev–Trinajstić information content (AvgIpc) is 2.46. The molecule has 0 aromatic heterocycles. The van der Waals surface area contributed by atoms with Gasteiger partial charge < -0.3 is 14.3 Å². The van der Waals surface area contributed by atoms with Gasteiger partial charge in [-0.1, -0.05) is 0 Å². The van der Waals surface area contributed by atoms with Crippen LogP contribution < -0.4 is 0 Å². The summed E-state index contributed by atoms with van der Waals surface area (Å²) in [4.78, 5) is 10.0. The van der Waals surface area contributed by atoms with Gasteiger partial charge in [0.2, 0.25) is 0 Å². The van der Waals surface area contributed by atoms with Crippen molar-refractivity contribution in [2.24, 2.45) is 0 Å². The molecule has 0 amide bonds. The van der Waals surface area contributed by atoms with E-state index in [2.05, 4.69) is 12.8 Å². The molecule has 1 heterocycles. The van der Waals surface area contributed by atoms with Crippen LogP contribution in [0.1, 0.15) is 26.7 Å². The molecule has 0 bridgehead atoms. The predicted molar refractivity (Wildman–Crippen MR) is 50.1 cm³/mol. The molecule has 13 heavy (non-hydrogen) atoms. The van der Waals surface area contributed by atoms with E-state index in [9.17, 15) is 4.79 Å². The zero-order chi connectivity index (χ0) is 10.3. The summed E-state index contributed by atoms with van der Waals surface area (Å²) in [6.45, 7) is 4.38. The lowest BCUT2D eigenvalue weighted by Gasteiger charge is -2.16. The van der Waals surface area contributed by atoms with Crippen LogP contribution >= 0.6 is 0 Å². The normalized spacial score (nSPS) is 24.5. The minimum absolute atomic E-state index is 0.107. The molecule has 1 fully saturated rings. The van der Waals surface area contributed by atoms with E-state index in [1.807, 2.05) is 13.8 Å². The summed E-state index contributed by atoms with van der Waals surface area (Å²) in [5, 5.41) is 0. The monoisotopic (exact) mass is 184 g/mol. The highest BCUT2D eigenvalue weighted by atomic mass is 16.7. The van der Waals surface area contributed by atoms with Crippen molar-refractivity contribution >= 4 is 6.29 Å². The summed E-state index contributed by atoms with van der Waals surface area (Å²) in [5.74, 6) is -0.451. The number of carbonyl (C=O) groups is 1. The van der Waals surface area contributed by atoms with Gasteiger partial charge in [-0.05, 0) is 20.3 Å². The number of hydrogen-bond acceptors (Lipinski definition) is 3. The SMILES string of the molecule is C#C.CC1(C)OCC(CCC=O)O1. The van der Waals surface area contributed by atoms with Gasteiger partial charge >= 0.3 is 0 Å². The first-order valence-corrected chi connectivity index (χ1v) is 4.23. The third-order valence-electron chi connectivity index (χ3n) is 1.67. The van der Waals surface area contributed by atoms with Crippen LogP contribution in [0, 0.1) is 12.8 Å². The van der Waals surface area contributed by atoms with Crippen LogP contribution in [-0.2, 0) is 14.3 Å². The van der Waals surface area contributed by atoms with E-state index in [1.165, 1.54) is 0 Å². The second-order valence-electron chi connectivity index (χ2n) is 3.19. The molecule has 3 heteroatoms. The maximum absolute atomic E-state index is 10.0. The fraction of sp³-hybridized carbons (Fsp3) is 0.700. The quantitative estimate of drug-likeness (QED) is 0.491. The Hall–Kier alpha value is -0.850. The third-order valence-corrected chi connectivity index (χ3v) is 1.67. The Morgan fingerprint density at radius 2 is 2.15 bits per heavy atom. The van der Waals surface area contributed by atoms with Crippen LogP contribution in [0.5, 0.6) is 0 Å². The number of hydrogen-bond donors (Lipinski definition) is 0. The van der Waals surface area contributed by atoms with E-state index in [-0.39, 0.29) is 6.10 Å². The van der Waals surface area contributed by atoms with Crippen LogP contribution in [0.15, 0.2) is 0 Å². The number of rotatable bonds is 3. The highest BCUT2D eigenvalue weighted by Crippen LogP contribution is 2.24. The second kappa shape index (κ2) is 5.74. The topological polar surface area (TPSA) is 35.5 Å². The Bertz CT molecular complexity index is 172. The Labute approximate surface area is 79.4 Å². The number of ether oxygens (including phenoxy) is 2. The summed E-state index contributed by atoms with van der Waals surface area (Å²) in [7, 11) is 0. The average molecular weight is 184 g/mol. The number of aldehydes is 1. The third kappa shape index (κ3) is 4.66. The predicted octanol–water partition coefficient (Wildman–Crippen LogP) is 1.37. The van der Waals surface area contributed by atoms with E-state index >= 15 is 0 Å². The van der Waals surface area contributed by atoms with Crippen molar-refractivity contribution in [1.82, 2.24) is 0 Å². The van der Waals surface area contributed by atoms with Crippen LogP contribution in [0.25, 0.3) is 0 Å². The summed E-state index contributed by atoms with van der Waals surface area (Å²) < 4.78 is 10.8. The molecule has 0 N–H and O–H groups in total. The van der Waals surface area contributed by atoms with E-state index < -0.39 is 5.79 Å². The Kier molecular flexibility index (Phi) is 5.36. The lowest BCUT2D eigenvalue weighted by molar-refractivity contribution is -0.139. The first-order chi connectivity index (χ1) is 6.14. The van der Waals surface area contributed by atoms with Crippen molar-refractivity contribution in [1.29, 1.82) is 0 Å². The van der Waals surface area contributed by atoms with Crippen LogP contribution in [0.3, 0.4) is 0 Å². The molecule has 1 aliphatic rings. The van der Waals surface area contributed by atoms with Crippen LogP contribution in [0.2, 0.25) is 0 Å². The van der Waals surface area contributed by atoms with Crippen LogP contribution in [-0.4, -0.2) is 24.8 Å². The maximum Gasteiger partial charge on any atom is 0.163 e. The summed E-state index contributed by atoms with van der Waals surface area (Å²) >= 11 is 0. The summed E-state index contributed by atoms with van der Waals surface area (Å²) in [5.41, 5.74) is 0. The van der Waals surface area contributed by atoms with Gasteiger partial charge in [-0.25, -0.2) is 0 Å². The first-order valence-electron chi connectivity index (χ1n) is 4.23. The van der Waals surface area contributed by atoms with Crippen molar-refractivity contribution in [2.75, 3.05) is 6.61 Å². The molecule has 1 saturated heterocycles. The van der Waals surface area contributed by atoms with Gasteiger partial charge in [0, 0.05) is 6.42 Å². The van der Waals surface area contributed by atoms with Gasteiger partial charge in [-0.15, -0.1) is 12.8 Å². The second-order valence-corrected chi connectivity index (χ2v) is 3.19. The molecule has 0 aliphatic carbocycles. The van der Waals surface area contributed by atoms with Crippen molar-refractivity contribution in [3.05, 3.63) is 0 Å². The molecule has 1 atom stereocenters. The van der Waals surface area contributed by atoms with Gasteiger partial charge in [0.15, 0.2) is 5.79 Å². The molecule has 3 nitrogen and oxygen atoms in total. The van der Waals surface area contributed by atoms with Gasteiger partial charge in [-0.2, -0.15) is 0 Å². The van der Waals surface area contributed by atoms with Crippen molar-refractivity contribution < 1.29 is 14.3 Å². The first kappa shape index (κ1) is 12.2. The van der Waals surface area contributed by atoms with Crippen molar-refractivity contribution in [3.63, 3.8) is 0 Å². The number of terminal acetylenes is 1. The fourth-order valence-corrected chi connectivity index (χ4v) is 1.16. The molecule has 0 saturated carbocycles. The van der Waals surface area contributed by atoms with Crippen molar-refractivity contribution in [3.8, 4) is 12.8 Å². The Morgan fingerprint density at radius 3 is 2.54 bits per heavy atom. The molecule has 1 unspecified atom stereocenters. The molecular weight excluding hydrogens is 168 g/mol. The van der Waals surface area contributed by atoms with E-state index in [4.69, 9.17) is 9.47 Å². The van der Waals surface area contributed by atoms with Gasteiger partial charge in [0.1, 0.15) is 6.29 Å². The largest absolute Gasteiger partial charge is 0.348 e. The van der Waals surface area contributed by atoms with E-state index in [1.54, 1.807) is 0 Å². The maximum atomic E-state index is 10.0. The summed E-state index contributed by atoms with van der Waals surface area (Å²) in [6, 6.07) is 0. The lowest BCUT2D eigenvalue weighted by Crippen LogP contribution is -2.21. The standard InChI is InChI=1S/C8H14O3.C2H2/c1-8(2)10-6-7(11-8)4-3-5-9;1-2/h5,7H,3-4,6H2,1-2H3;1-2H. The van der Waals surface area contributed by atoms with Crippen LogP contribution in [0.4, 0.5) is 0 Å². The molecule has 0 aromatic rings. The zero-order valence-electron chi connectivity index (χ0n) is 8.16.